The Kier molecular flexibility index (Phi) is 4.94. The van der Waals surface area contributed by atoms with E-state index in [0.29, 0.717) is 12.1 Å². The second-order valence-corrected chi connectivity index (χ2v) is 7.26. The number of halogens is 6. The summed E-state index contributed by atoms with van der Waals surface area (Å²) in [6, 6.07) is 1.24. The highest BCUT2D eigenvalue weighted by Crippen LogP contribution is 2.60. The summed E-state index contributed by atoms with van der Waals surface area (Å²) < 4.78 is 59.5. The van der Waals surface area contributed by atoms with Crippen molar-refractivity contribution in [2.24, 2.45) is 17.3 Å². The summed E-state index contributed by atoms with van der Waals surface area (Å²) in [5, 5.41) is 0. The first-order chi connectivity index (χ1) is 10.9. The zero-order valence-corrected chi connectivity index (χ0v) is 14.5. The van der Waals surface area contributed by atoms with Gasteiger partial charge in [0.15, 0.2) is 0 Å². The first-order valence-corrected chi connectivity index (χ1v) is 7.73. The predicted molar refractivity (Wildman–Crippen MR) is 81.6 cm³/mol. The van der Waals surface area contributed by atoms with Crippen LogP contribution in [0.3, 0.4) is 0 Å². The molecular weight excluding hydrogens is 371 g/mol. The van der Waals surface area contributed by atoms with Crippen molar-refractivity contribution in [3.05, 3.63) is 45.5 Å². The number of carbonyl (C=O) groups is 1. The second-order valence-electron chi connectivity index (χ2n) is 6.25. The van der Waals surface area contributed by atoms with E-state index in [9.17, 15) is 22.4 Å². The Morgan fingerprint density at radius 3 is 2.42 bits per heavy atom. The van der Waals surface area contributed by atoms with Gasteiger partial charge in [-0.3, -0.25) is 4.79 Å². The maximum Gasteiger partial charge on any atom is 0.431 e. The van der Waals surface area contributed by atoms with Crippen LogP contribution in [-0.2, 0) is 15.6 Å². The molecule has 0 amide bonds. The van der Waals surface area contributed by atoms with Gasteiger partial charge < -0.3 is 4.74 Å². The minimum Gasteiger partial charge on any atom is -0.397 e. The van der Waals surface area contributed by atoms with E-state index < -0.39 is 52.1 Å². The summed E-state index contributed by atoms with van der Waals surface area (Å²) in [6.45, 7) is 4.34. The maximum absolute atomic E-state index is 14.1. The van der Waals surface area contributed by atoms with Crippen molar-refractivity contribution in [2.75, 3.05) is 0 Å². The van der Waals surface area contributed by atoms with Gasteiger partial charge in [-0.05, 0) is 36.5 Å². The van der Waals surface area contributed by atoms with Crippen LogP contribution < -0.4 is 0 Å². The lowest BCUT2D eigenvalue weighted by Crippen LogP contribution is -2.26. The molecule has 8 heteroatoms. The Hall–Kier alpha value is -1.27. The van der Waals surface area contributed by atoms with Crippen molar-refractivity contribution in [3.8, 4) is 0 Å². The van der Waals surface area contributed by atoms with Crippen molar-refractivity contribution in [3.63, 3.8) is 0 Å². The van der Waals surface area contributed by atoms with E-state index in [1.165, 1.54) is 6.08 Å². The number of allylic oxidation sites excluding steroid dienone is 1. The third kappa shape index (κ3) is 3.40. The Morgan fingerprint density at radius 1 is 1.29 bits per heavy atom. The lowest BCUT2D eigenvalue weighted by Gasteiger charge is -2.18. The molecule has 2 unspecified atom stereocenters. The van der Waals surface area contributed by atoms with Crippen molar-refractivity contribution >= 4 is 29.2 Å². The topological polar surface area (TPSA) is 26.3 Å². The molecular formula is C16H14Cl2F4O2. The van der Waals surface area contributed by atoms with E-state index in [2.05, 4.69) is 4.74 Å². The molecule has 0 aromatic heterocycles. The molecule has 24 heavy (non-hydrogen) atoms. The fraction of sp³-hybridized carbons (Fsp3) is 0.438. The highest BCUT2D eigenvalue weighted by molar-refractivity contribution is 6.55. The predicted octanol–water partition coefficient (Wildman–Crippen LogP) is 5.46. The van der Waals surface area contributed by atoms with Gasteiger partial charge in [0.1, 0.15) is 21.7 Å². The smallest absolute Gasteiger partial charge is 0.397 e. The Labute approximate surface area is 146 Å². The third-order valence-electron chi connectivity index (χ3n) is 4.33. The van der Waals surface area contributed by atoms with Gasteiger partial charge in [0.2, 0.25) is 0 Å². The zero-order chi connectivity index (χ0) is 18.4. The fourth-order valence-electron chi connectivity index (χ4n) is 2.71. The molecule has 0 spiro atoms. The normalized spacial score (nSPS) is 22.0. The summed E-state index contributed by atoms with van der Waals surface area (Å²) in [4.78, 5) is 12.1. The van der Waals surface area contributed by atoms with Crippen LogP contribution in [0, 0.1) is 35.8 Å². The van der Waals surface area contributed by atoms with Gasteiger partial charge in [0.25, 0.3) is 0 Å². The zero-order valence-electron chi connectivity index (χ0n) is 13.0. The Balaban J connectivity index is 2.23. The van der Waals surface area contributed by atoms with Crippen LogP contribution in [-0.4, -0.2) is 5.97 Å². The van der Waals surface area contributed by atoms with Crippen LogP contribution in [0.25, 0.3) is 0 Å². The number of rotatable bonds is 4. The molecule has 2 nitrogen and oxygen atoms in total. The molecule has 1 aromatic rings. The lowest BCUT2D eigenvalue weighted by atomic mass is 10.1. The maximum atomic E-state index is 14.1. The van der Waals surface area contributed by atoms with Crippen molar-refractivity contribution in [1.82, 2.24) is 0 Å². The van der Waals surface area contributed by atoms with Gasteiger partial charge in [-0.1, -0.05) is 37.0 Å². The van der Waals surface area contributed by atoms with E-state index in [4.69, 9.17) is 23.2 Å². The fourth-order valence-corrected chi connectivity index (χ4v) is 2.98. The molecule has 2 atom stereocenters. The van der Waals surface area contributed by atoms with Crippen LogP contribution in [0.1, 0.15) is 25.0 Å². The third-order valence-corrected chi connectivity index (χ3v) is 4.58. The molecule has 0 saturated heterocycles. The first-order valence-electron chi connectivity index (χ1n) is 6.98. The van der Waals surface area contributed by atoms with Gasteiger partial charge in [-0.2, -0.15) is 8.78 Å². The molecule has 0 bridgehead atoms. The van der Waals surface area contributed by atoms with Crippen LogP contribution in [0.5, 0.6) is 0 Å². The molecule has 1 aliphatic carbocycles. The molecule has 0 heterocycles. The number of esters is 1. The molecule has 0 aliphatic heterocycles. The molecule has 0 N–H and O–H groups in total. The summed E-state index contributed by atoms with van der Waals surface area (Å²) >= 11 is 11.1. The number of hydrogen-bond acceptors (Lipinski definition) is 2. The van der Waals surface area contributed by atoms with E-state index in [1.54, 1.807) is 13.8 Å². The number of alkyl halides is 2. The summed E-state index contributed by atoms with van der Waals surface area (Å²) in [5.41, 5.74) is -2.44. The number of carbonyl (C=O) groups excluding carboxylic acids is 1. The average molecular weight is 385 g/mol. The highest BCUT2D eigenvalue weighted by atomic mass is 35.5. The SMILES string of the molecule is Cc1c(F)ccc(C(F)(F)OC(=O)C2C(C=C(Cl)Cl)C2(C)C)c1F. The molecule has 1 fully saturated rings. The van der Waals surface area contributed by atoms with E-state index in [-0.39, 0.29) is 4.49 Å². The summed E-state index contributed by atoms with van der Waals surface area (Å²) in [7, 11) is 0. The van der Waals surface area contributed by atoms with E-state index in [0.717, 1.165) is 6.92 Å². The van der Waals surface area contributed by atoms with Crippen LogP contribution >= 0.6 is 23.2 Å². The molecule has 132 valence electrons. The monoisotopic (exact) mass is 384 g/mol. The summed E-state index contributed by atoms with van der Waals surface area (Å²) in [6.07, 6.45) is -2.85. The van der Waals surface area contributed by atoms with Gasteiger partial charge in [-0.25, -0.2) is 8.78 Å². The van der Waals surface area contributed by atoms with Gasteiger partial charge in [-0.15, -0.1) is 0 Å². The van der Waals surface area contributed by atoms with Crippen LogP contribution in [0.4, 0.5) is 17.6 Å². The Morgan fingerprint density at radius 2 is 1.88 bits per heavy atom. The number of ether oxygens (including phenoxy) is 1. The lowest BCUT2D eigenvalue weighted by molar-refractivity contribution is -0.243. The highest BCUT2D eigenvalue weighted by Gasteiger charge is 2.63. The molecule has 1 aliphatic rings. The minimum absolute atomic E-state index is 0.0876. The van der Waals surface area contributed by atoms with Crippen molar-refractivity contribution in [2.45, 2.75) is 26.9 Å². The number of benzene rings is 1. The van der Waals surface area contributed by atoms with Crippen LogP contribution in [0.15, 0.2) is 22.7 Å². The van der Waals surface area contributed by atoms with Crippen LogP contribution in [0.2, 0.25) is 0 Å². The molecule has 0 radical (unpaired) electrons. The molecule has 1 saturated carbocycles. The van der Waals surface area contributed by atoms with Gasteiger partial charge >= 0.3 is 12.1 Å². The average Bonchev–Trinajstić information content (AvgIpc) is 2.95. The quantitative estimate of drug-likeness (QED) is 0.509. The number of hydrogen-bond donors (Lipinski definition) is 0. The second kappa shape index (κ2) is 6.23. The Bertz CT molecular complexity index is 712. The largest absolute Gasteiger partial charge is 0.431 e. The van der Waals surface area contributed by atoms with Gasteiger partial charge in [0.05, 0.1) is 5.92 Å². The summed E-state index contributed by atoms with van der Waals surface area (Å²) in [5.74, 6) is -4.99. The van der Waals surface area contributed by atoms with E-state index in [1.807, 2.05) is 0 Å². The van der Waals surface area contributed by atoms with E-state index >= 15 is 0 Å². The minimum atomic E-state index is -4.22. The first kappa shape index (κ1) is 19.1. The molecule has 1 aromatic carbocycles. The van der Waals surface area contributed by atoms with Crippen molar-refractivity contribution < 1.29 is 27.1 Å². The molecule has 2 rings (SSSR count). The van der Waals surface area contributed by atoms with Gasteiger partial charge in [0, 0.05) is 5.56 Å². The van der Waals surface area contributed by atoms with Crippen molar-refractivity contribution in [1.29, 1.82) is 0 Å². The standard InChI is InChI=1S/C16H14Cl2F4O2/c1-7-10(19)5-4-8(13(7)20)16(21,22)24-14(23)12-9(6-11(17)18)15(12,2)3/h4-6,9,12H,1-3H3.